The Balaban J connectivity index is 1.80. The van der Waals surface area contributed by atoms with Gasteiger partial charge in [-0.3, -0.25) is 20.2 Å². The molecule has 24 heavy (non-hydrogen) atoms. The zero-order chi connectivity index (χ0) is 16.9. The zero-order valence-corrected chi connectivity index (χ0v) is 13.0. The third-order valence-corrected chi connectivity index (χ3v) is 3.86. The van der Waals surface area contributed by atoms with Gasteiger partial charge in [-0.15, -0.1) is 0 Å². The molecule has 0 atom stereocenters. The molecule has 120 valence electrons. The molecular formula is C16H11N3O4S. The number of anilines is 1. The Hall–Kier alpha value is -3.26. The van der Waals surface area contributed by atoms with Crippen molar-refractivity contribution in [2.24, 2.45) is 0 Å². The fraction of sp³-hybridized carbons (Fsp3) is 0. The molecule has 0 bridgehead atoms. The number of nitrogens with one attached hydrogen (secondary N) is 1. The number of benzene rings is 2. The van der Waals surface area contributed by atoms with Crippen LogP contribution >= 0.6 is 11.3 Å². The Morgan fingerprint density at radius 1 is 1.12 bits per heavy atom. The predicted octanol–water partition coefficient (Wildman–Crippen LogP) is 4.10. The molecule has 2 aromatic carbocycles. The van der Waals surface area contributed by atoms with Crippen molar-refractivity contribution in [3.05, 3.63) is 76.5 Å². The minimum Gasteiger partial charge on any atom is -0.457 e. The van der Waals surface area contributed by atoms with Crippen LogP contribution in [-0.4, -0.2) is 15.8 Å². The molecule has 0 aliphatic carbocycles. The number of hydrogen-bond acceptors (Lipinski definition) is 6. The second-order valence-corrected chi connectivity index (χ2v) is 5.64. The number of nitro groups is 1. The third-order valence-electron chi connectivity index (χ3n) is 3.00. The lowest BCUT2D eigenvalue weighted by molar-refractivity contribution is -0.380. The van der Waals surface area contributed by atoms with E-state index in [9.17, 15) is 14.9 Å². The Labute approximate surface area is 140 Å². The molecule has 8 heteroatoms. The first-order chi connectivity index (χ1) is 11.6. The van der Waals surface area contributed by atoms with E-state index in [0.717, 1.165) is 17.5 Å². The second kappa shape index (κ2) is 6.88. The van der Waals surface area contributed by atoms with Gasteiger partial charge in [0.1, 0.15) is 17.7 Å². The Kier molecular flexibility index (Phi) is 4.48. The van der Waals surface area contributed by atoms with Gasteiger partial charge in [-0.05, 0) is 35.6 Å². The molecule has 0 saturated heterocycles. The average molecular weight is 341 g/mol. The van der Waals surface area contributed by atoms with Crippen LogP contribution in [0.3, 0.4) is 0 Å². The summed E-state index contributed by atoms with van der Waals surface area (Å²) in [7, 11) is 0. The van der Waals surface area contributed by atoms with E-state index in [0.29, 0.717) is 17.1 Å². The molecule has 0 spiro atoms. The maximum Gasteiger partial charge on any atom is 0.345 e. The predicted molar refractivity (Wildman–Crippen MR) is 89.7 cm³/mol. The van der Waals surface area contributed by atoms with E-state index in [4.69, 9.17) is 4.74 Å². The normalized spacial score (nSPS) is 10.2. The highest BCUT2D eigenvalue weighted by Gasteiger charge is 2.17. The van der Waals surface area contributed by atoms with E-state index in [1.807, 2.05) is 18.2 Å². The van der Waals surface area contributed by atoms with Crippen molar-refractivity contribution in [3.8, 4) is 11.5 Å². The summed E-state index contributed by atoms with van der Waals surface area (Å²) in [5.41, 5.74) is 0.305. The van der Waals surface area contributed by atoms with Gasteiger partial charge in [0.15, 0.2) is 5.13 Å². The number of carbonyl (C=O) groups excluding carboxylic acids is 1. The third kappa shape index (κ3) is 3.55. The van der Waals surface area contributed by atoms with Crippen LogP contribution in [0.1, 0.15) is 10.4 Å². The van der Waals surface area contributed by atoms with E-state index in [1.165, 1.54) is 0 Å². The fourth-order valence-corrected chi connectivity index (χ4v) is 2.56. The summed E-state index contributed by atoms with van der Waals surface area (Å²) in [5, 5.41) is 13.2. The summed E-state index contributed by atoms with van der Waals surface area (Å²) in [5.74, 6) is 0.528. The van der Waals surface area contributed by atoms with E-state index < -0.39 is 10.8 Å². The smallest absolute Gasteiger partial charge is 0.345 e. The van der Waals surface area contributed by atoms with E-state index in [1.54, 1.807) is 36.4 Å². The molecule has 1 aromatic heterocycles. The Morgan fingerprint density at radius 2 is 1.83 bits per heavy atom. The van der Waals surface area contributed by atoms with Crippen molar-refractivity contribution in [2.45, 2.75) is 0 Å². The number of para-hydroxylation sites is 2. The summed E-state index contributed by atoms with van der Waals surface area (Å²) in [6.07, 6.45) is 1.10. The van der Waals surface area contributed by atoms with Crippen molar-refractivity contribution < 1.29 is 14.5 Å². The molecule has 7 nitrogen and oxygen atoms in total. The molecule has 0 aliphatic rings. The van der Waals surface area contributed by atoms with Gasteiger partial charge in [-0.1, -0.05) is 30.3 Å². The molecule has 1 amide bonds. The van der Waals surface area contributed by atoms with Crippen LogP contribution in [0.25, 0.3) is 0 Å². The number of thiazole rings is 1. The first-order valence-electron chi connectivity index (χ1n) is 6.87. The van der Waals surface area contributed by atoms with Crippen LogP contribution in [0.2, 0.25) is 0 Å². The van der Waals surface area contributed by atoms with Gasteiger partial charge in [-0.25, -0.2) is 4.98 Å². The SMILES string of the molecule is O=C(Nc1ncc([N+](=O)[O-])s1)c1ccccc1Oc1ccccc1. The van der Waals surface area contributed by atoms with Crippen molar-refractivity contribution in [1.29, 1.82) is 0 Å². The highest BCUT2D eigenvalue weighted by atomic mass is 32.1. The van der Waals surface area contributed by atoms with Crippen LogP contribution in [0.4, 0.5) is 10.1 Å². The maximum atomic E-state index is 12.4. The molecule has 1 N–H and O–H groups in total. The minimum atomic E-state index is -0.556. The number of hydrogen-bond donors (Lipinski definition) is 1. The quantitative estimate of drug-likeness (QED) is 0.557. The lowest BCUT2D eigenvalue weighted by atomic mass is 10.2. The van der Waals surface area contributed by atoms with Crippen molar-refractivity contribution in [2.75, 3.05) is 5.32 Å². The van der Waals surface area contributed by atoms with Gasteiger partial charge in [-0.2, -0.15) is 0 Å². The van der Waals surface area contributed by atoms with Crippen molar-refractivity contribution >= 4 is 27.4 Å². The van der Waals surface area contributed by atoms with Gasteiger partial charge in [0.05, 0.1) is 10.5 Å². The average Bonchev–Trinajstić information content (AvgIpc) is 3.05. The van der Waals surface area contributed by atoms with Gasteiger partial charge < -0.3 is 4.74 Å². The van der Waals surface area contributed by atoms with Crippen LogP contribution in [0.15, 0.2) is 60.8 Å². The van der Waals surface area contributed by atoms with Crippen LogP contribution in [0.5, 0.6) is 11.5 Å². The topological polar surface area (TPSA) is 94.4 Å². The molecule has 3 rings (SSSR count). The number of carbonyl (C=O) groups is 1. The number of aromatic nitrogens is 1. The lowest BCUT2D eigenvalue weighted by Crippen LogP contribution is -2.12. The van der Waals surface area contributed by atoms with Crippen LogP contribution in [-0.2, 0) is 0 Å². The van der Waals surface area contributed by atoms with Gasteiger partial charge >= 0.3 is 5.00 Å². The zero-order valence-electron chi connectivity index (χ0n) is 12.2. The van der Waals surface area contributed by atoms with Crippen molar-refractivity contribution in [3.63, 3.8) is 0 Å². The fourth-order valence-electron chi connectivity index (χ4n) is 1.93. The van der Waals surface area contributed by atoms with E-state index in [-0.39, 0.29) is 10.1 Å². The molecular weight excluding hydrogens is 330 g/mol. The summed E-state index contributed by atoms with van der Waals surface area (Å²) < 4.78 is 5.73. The number of rotatable bonds is 5. The summed E-state index contributed by atoms with van der Waals surface area (Å²) >= 11 is 0.791. The lowest BCUT2D eigenvalue weighted by Gasteiger charge is -2.10. The number of nitrogens with zero attached hydrogens (tertiary/aromatic N) is 2. The van der Waals surface area contributed by atoms with Gasteiger partial charge in [0, 0.05) is 0 Å². The maximum absolute atomic E-state index is 12.4. The standard InChI is InChI=1S/C16H11N3O4S/c20-15(18-16-17-10-14(24-16)19(21)22)12-8-4-5-9-13(12)23-11-6-2-1-3-7-11/h1-10H,(H,17,18,20). The summed E-state index contributed by atoms with van der Waals surface area (Å²) in [6, 6.07) is 15.8. The minimum absolute atomic E-state index is 0.140. The highest BCUT2D eigenvalue weighted by molar-refractivity contribution is 7.18. The van der Waals surface area contributed by atoms with E-state index in [2.05, 4.69) is 10.3 Å². The molecule has 0 saturated carbocycles. The molecule has 0 fully saturated rings. The largest absolute Gasteiger partial charge is 0.457 e. The van der Waals surface area contributed by atoms with Gasteiger partial charge in [0.2, 0.25) is 0 Å². The van der Waals surface area contributed by atoms with E-state index >= 15 is 0 Å². The molecule has 3 aromatic rings. The number of ether oxygens (including phenoxy) is 1. The first kappa shape index (κ1) is 15.6. The van der Waals surface area contributed by atoms with Crippen LogP contribution < -0.4 is 10.1 Å². The highest BCUT2D eigenvalue weighted by Crippen LogP contribution is 2.28. The Bertz CT molecular complexity index is 880. The first-order valence-corrected chi connectivity index (χ1v) is 7.68. The molecule has 0 aliphatic heterocycles. The monoisotopic (exact) mass is 341 g/mol. The molecule has 0 unspecified atom stereocenters. The summed E-state index contributed by atoms with van der Waals surface area (Å²) in [4.78, 5) is 26.3. The molecule has 0 radical (unpaired) electrons. The second-order valence-electron chi connectivity index (χ2n) is 4.63. The number of amides is 1. The Morgan fingerprint density at radius 3 is 2.54 bits per heavy atom. The van der Waals surface area contributed by atoms with Gasteiger partial charge in [0.25, 0.3) is 5.91 Å². The molecule has 1 heterocycles. The van der Waals surface area contributed by atoms with Crippen LogP contribution in [0, 0.1) is 10.1 Å². The van der Waals surface area contributed by atoms with Crippen molar-refractivity contribution in [1.82, 2.24) is 4.98 Å². The summed E-state index contributed by atoms with van der Waals surface area (Å²) in [6.45, 7) is 0.